The van der Waals surface area contributed by atoms with Crippen molar-refractivity contribution in [3.8, 4) is 5.92 Å². The Morgan fingerprint density at radius 3 is 2.87 bits per heavy atom. The van der Waals surface area contributed by atoms with Gasteiger partial charge in [0.25, 0.3) is 0 Å². The van der Waals surface area contributed by atoms with Crippen LogP contribution in [0.2, 0.25) is 0 Å². The molecule has 1 aromatic heterocycles. The fourth-order valence-electron chi connectivity index (χ4n) is 1.67. The first-order valence-electron chi connectivity index (χ1n) is 5.27. The molecule has 1 heterocycles. The maximum Gasteiger partial charge on any atom is 0.134 e. The van der Waals surface area contributed by atoms with Crippen LogP contribution in [0.25, 0.3) is 11.0 Å². The third-order valence-corrected chi connectivity index (χ3v) is 2.45. The quantitative estimate of drug-likeness (QED) is 0.537. The minimum Gasteiger partial charge on any atom is -0.461 e. The molecule has 0 fully saturated rings. The largest absolute Gasteiger partial charge is 0.461 e. The zero-order chi connectivity index (χ0) is 10.5. The van der Waals surface area contributed by atoms with Crippen LogP contribution < -0.4 is 0 Å². The average molecular weight is 197 g/mol. The number of hydrogen-bond acceptors (Lipinski definition) is 1. The van der Waals surface area contributed by atoms with Gasteiger partial charge in [0.15, 0.2) is 0 Å². The second kappa shape index (κ2) is 4.70. The van der Waals surface area contributed by atoms with E-state index in [1.807, 2.05) is 18.2 Å². The van der Waals surface area contributed by atoms with Gasteiger partial charge in [-0.05, 0) is 31.4 Å². The van der Waals surface area contributed by atoms with Crippen molar-refractivity contribution < 1.29 is 4.42 Å². The third kappa shape index (κ3) is 2.41. The van der Waals surface area contributed by atoms with Crippen LogP contribution in [0.5, 0.6) is 0 Å². The maximum atomic E-state index is 6.80. The number of furan rings is 1. The molecule has 1 aromatic carbocycles. The summed E-state index contributed by atoms with van der Waals surface area (Å²) >= 11 is 0. The second-order valence-electron chi connectivity index (χ2n) is 3.63. The molecule has 1 radical (unpaired) electrons. The molecule has 2 rings (SSSR count). The Morgan fingerprint density at radius 2 is 2.07 bits per heavy atom. The molecule has 0 aliphatic carbocycles. The molecule has 1 nitrogen and oxygen atoms in total. The van der Waals surface area contributed by atoms with E-state index in [0.717, 1.165) is 37.0 Å². The van der Waals surface area contributed by atoms with Crippen molar-refractivity contribution in [3.63, 3.8) is 0 Å². The molecule has 2 aromatic rings. The summed E-state index contributed by atoms with van der Waals surface area (Å²) in [6, 6.07) is 10.2. The van der Waals surface area contributed by atoms with E-state index in [0.29, 0.717) is 0 Å². The van der Waals surface area contributed by atoms with Gasteiger partial charge in [-0.25, -0.2) is 0 Å². The van der Waals surface area contributed by atoms with Crippen LogP contribution in [0.1, 0.15) is 25.0 Å². The summed E-state index contributed by atoms with van der Waals surface area (Å²) in [5, 5.41) is 1.17. The van der Waals surface area contributed by atoms with Gasteiger partial charge >= 0.3 is 0 Å². The monoisotopic (exact) mass is 197 g/mol. The SMILES string of the molecule is [C]#CCCCCc1cc2ccccc2o1. The van der Waals surface area contributed by atoms with E-state index in [1.165, 1.54) is 5.39 Å². The van der Waals surface area contributed by atoms with E-state index in [1.54, 1.807) is 0 Å². The summed E-state index contributed by atoms with van der Waals surface area (Å²) in [6.07, 6.45) is 10.6. The molecule has 0 aliphatic rings. The molecule has 0 amide bonds. The minimum atomic E-state index is 0.750. The Balaban J connectivity index is 2.00. The lowest BCUT2D eigenvalue weighted by Crippen LogP contribution is -1.81. The van der Waals surface area contributed by atoms with Gasteiger partial charge in [-0.15, -0.1) is 0 Å². The number of para-hydroxylation sites is 1. The summed E-state index contributed by atoms with van der Waals surface area (Å²) in [6.45, 7) is 0. The van der Waals surface area contributed by atoms with Crippen molar-refractivity contribution in [1.29, 1.82) is 0 Å². The normalized spacial score (nSPS) is 10.3. The number of aryl methyl sites for hydroxylation is 1. The van der Waals surface area contributed by atoms with Gasteiger partial charge < -0.3 is 4.42 Å². The first-order chi connectivity index (χ1) is 7.40. The summed E-state index contributed by atoms with van der Waals surface area (Å²) in [5.74, 6) is 3.44. The number of rotatable bonds is 4. The van der Waals surface area contributed by atoms with Gasteiger partial charge in [-0.3, -0.25) is 0 Å². The Morgan fingerprint density at radius 1 is 1.20 bits per heavy atom. The molecule has 15 heavy (non-hydrogen) atoms. The molecule has 0 bridgehead atoms. The lowest BCUT2D eigenvalue weighted by molar-refractivity contribution is 0.534. The molecule has 0 aliphatic heterocycles. The molecule has 1 heteroatoms. The molecule has 0 atom stereocenters. The second-order valence-corrected chi connectivity index (χ2v) is 3.63. The number of unbranched alkanes of at least 4 members (excludes halogenated alkanes) is 2. The van der Waals surface area contributed by atoms with Crippen LogP contribution >= 0.6 is 0 Å². The van der Waals surface area contributed by atoms with E-state index in [2.05, 4.69) is 18.1 Å². The number of benzene rings is 1. The minimum absolute atomic E-state index is 0.750. The molecular formula is C14H13O. The Labute approximate surface area is 90.1 Å². The predicted molar refractivity (Wildman–Crippen MR) is 60.9 cm³/mol. The lowest BCUT2D eigenvalue weighted by Gasteiger charge is -1.93. The third-order valence-electron chi connectivity index (χ3n) is 2.45. The van der Waals surface area contributed by atoms with Gasteiger partial charge in [-0.2, -0.15) is 0 Å². The lowest BCUT2D eigenvalue weighted by atomic mass is 10.1. The summed E-state index contributed by atoms with van der Waals surface area (Å²) in [5.41, 5.74) is 0.964. The van der Waals surface area contributed by atoms with E-state index >= 15 is 0 Å². The fraction of sp³-hybridized carbons (Fsp3) is 0.286. The first kappa shape index (κ1) is 9.86. The van der Waals surface area contributed by atoms with Gasteiger partial charge in [0.05, 0.1) is 0 Å². The van der Waals surface area contributed by atoms with Crippen LogP contribution in [0.3, 0.4) is 0 Å². The fourth-order valence-corrected chi connectivity index (χ4v) is 1.67. The number of hydrogen-bond donors (Lipinski definition) is 0. The highest BCUT2D eigenvalue weighted by molar-refractivity contribution is 5.77. The predicted octanol–water partition coefficient (Wildman–Crippen LogP) is 3.74. The van der Waals surface area contributed by atoms with Gasteiger partial charge in [-0.1, -0.05) is 24.1 Å². The Kier molecular flexibility index (Phi) is 3.09. The Hall–Kier alpha value is -1.68. The van der Waals surface area contributed by atoms with E-state index in [9.17, 15) is 0 Å². The Bertz CT molecular complexity index is 440. The smallest absolute Gasteiger partial charge is 0.134 e. The summed E-state index contributed by atoms with van der Waals surface area (Å²) < 4.78 is 5.68. The van der Waals surface area contributed by atoms with Crippen molar-refractivity contribution in [2.75, 3.05) is 0 Å². The molecule has 0 saturated heterocycles. The molecular weight excluding hydrogens is 184 g/mol. The van der Waals surface area contributed by atoms with E-state index < -0.39 is 0 Å². The average Bonchev–Trinajstić information content (AvgIpc) is 2.67. The molecule has 0 N–H and O–H groups in total. The van der Waals surface area contributed by atoms with Crippen LogP contribution in [-0.4, -0.2) is 0 Å². The van der Waals surface area contributed by atoms with Crippen molar-refractivity contribution in [2.45, 2.75) is 25.7 Å². The molecule has 0 unspecified atom stereocenters. The molecule has 0 saturated carbocycles. The summed E-state index contributed by atoms with van der Waals surface area (Å²) in [4.78, 5) is 0. The van der Waals surface area contributed by atoms with Crippen molar-refractivity contribution in [1.82, 2.24) is 0 Å². The molecule has 0 spiro atoms. The highest BCUT2D eigenvalue weighted by Crippen LogP contribution is 2.20. The van der Waals surface area contributed by atoms with Crippen LogP contribution in [-0.2, 0) is 6.42 Å². The first-order valence-corrected chi connectivity index (χ1v) is 5.27. The van der Waals surface area contributed by atoms with Crippen molar-refractivity contribution >= 4 is 11.0 Å². The van der Waals surface area contributed by atoms with Gasteiger partial charge in [0.2, 0.25) is 0 Å². The highest BCUT2D eigenvalue weighted by Gasteiger charge is 2.01. The topological polar surface area (TPSA) is 13.1 Å². The maximum absolute atomic E-state index is 6.80. The van der Waals surface area contributed by atoms with Crippen LogP contribution in [0.4, 0.5) is 0 Å². The van der Waals surface area contributed by atoms with E-state index in [4.69, 9.17) is 10.8 Å². The zero-order valence-electron chi connectivity index (χ0n) is 8.62. The van der Waals surface area contributed by atoms with E-state index in [-0.39, 0.29) is 0 Å². The number of fused-ring (bicyclic) bond motifs is 1. The van der Waals surface area contributed by atoms with Crippen LogP contribution in [0, 0.1) is 12.3 Å². The van der Waals surface area contributed by atoms with Crippen LogP contribution in [0.15, 0.2) is 34.7 Å². The van der Waals surface area contributed by atoms with Crippen molar-refractivity contribution in [3.05, 3.63) is 42.5 Å². The highest BCUT2D eigenvalue weighted by atomic mass is 16.3. The van der Waals surface area contributed by atoms with Gasteiger partial charge in [0.1, 0.15) is 11.3 Å². The standard InChI is InChI=1S/C14H13O/c1-2-3-4-5-9-13-11-12-8-6-7-10-14(12)15-13/h6-8,10-11H,3-5,9H2. The van der Waals surface area contributed by atoms with Gasteiger partial charge in [0, 0.05) is 18.2 Å². The molecule has 75 valence electrons. The van der Waals surface area contributed by atoms with Crippen molar-refractivity contribution in [2.24, 2.45) is 0 Å². The zero-order valence-corrected chi connectivity index (χ0v) is 8.62. The summed E-state index contributed by atoms with van der Waals surface area (Å²) in [7, 11) is 0.